The molecule has 0 spiro atoms. The Bertz CT molecular complexity index is 1070. The van der Waals surface area contributed by atoms with Crippen molar-refractivity contribution in [1.82, 2.24) is 10.6 Å². The van der Waals surface area contributed by atoms with Crippen molar-refractivity contribution in [3.05, 3.63) is 63.7 Å². The van der Waals surface area contributed by atoms with Crippen molar-refractivity contribution >= 4 is 47.1 Å². The summed E-state index contributed by atoms with van der Waals surface area (Å²) in [6, 6.07) is 9.42. The van der Waals surface area contributed by atoms with Crippen molar-refractivity contribution in [2.75, 3.05) is 11.9 Å². The lowest BCUT2D eigenvalue weighted by Crippen LogP contribution is -2.51. The van der Waals surface area contributed by atoms with Gasteiger partial charge in [0.2, 0.25) is 0 Å². The van der Waals surface area contributed by atoms with Crippen molar-refractivity contribution in [2.45, 2.75) is 13.8 Å². The van der Waals surface area contributed by atoms with Crippen molar-refractivity contribution in [3.8, 4) is 5.75 Å². The number of nitrogens with one attached hydrogen (secondary N) is 3. The molecule has 2 aromatic rings. The van der Waals surface area contributed by atoms with Crippen LogP contribution < -0.4 is 20.7 Å². The van der Waals surface area contributed by atoms with Crippen LogP contribution in [-0.4, -0.2) is 30.4 Å². The summed E-state index contributed by atoms with van der Waals surface area (Å²) >= 11 is 6.19. The maximum absolute atomic E-state index is 12.2. The highest BCUT2D eigenvalue weighted by Crippen LogP contribution is 2.27. The zero-order chi connectivity index (χ0) is 21.8. The van der Waals surface area contributed by atoms with Crippen LogP contribution in [-0.2, 0) is 14.4 Å². The van der Waals surface area contributed by atoms with E-state index in [9.17, 15) is 19.2 Å². The summed E-state index contributed by atoms with van der Waals surface area (Å²) in [5.41, 5.74) is 2.88. The van der Waals surface area contributed by atoms with Crippen molar-refractivity contribution in [2.24, 2.45) is 0 Å². The molecule has 8 nitrogen and oxygen atoms in total. The number of amides is 5. The van der Waals surface area contributed by atoms with Gasteiger partial charge in [0, 0.05) is 5.69 Å². The van der Waals surface area contributed by atoms with Gasteiger partial charge in [-0.25, -0.2) is 4.79 Å². The Morgan fingerprint density at radius 2 is 1.77 bits per heavy atom. The summed E-state index contributed by atoms with van der Waals surface area (Å²) in [4.78, 5) is 46.8. The average molecular weight is 428 g/mol. The third kappa shape index (κ3) is 5.03. The highest BCUT2D eigenvalue weighted by atomic mass is 35.5. The molecule has 0 radical (unpaired) electrons. The normalized spacial score (nSPS) is 13.4. The predicted octanol–water partition coefficient (Wildman–Crippen LogP) is 2.72. The molecule has 30 heavy (non-hydrogen) atoms. The Morgan fingerprint density at radius 3 is 2.43 bits per heavy atom. The van der Waals surface area contributed by atoms with Crippen LogP contribution in [0.5, 0.6) is 5.75 Å². The van der Waals surface area contributed by atoms with Crippen LogP contribution in [0.1, 0.15) is 16.7 Å². The van der Waals surface area contributed by atoms with Crippen molar-refractivity contribution < 1.29 is 23.9 Å². The second-order valence-corrected chi connectivity index (χ2v) is 7.05. The smallest absolute Gasteiger partial charge is 0.328 e. The molecule has 1 fully saturated rings. The zero-order valence-corrected chi connectivity index (χ0v) is 16.9. The first-order chi connectivity index (χ1) is 14.2. The van der Waals surface area contributed by atoms with Gasteiger partial charge in [-0.05, 0) is 54.8 Å². The first-order valence-corrected chi connectivity index (χ1v) is 9.28. The number of carbonyl (C=O) groups is 4. The van der Waals surface area contributed by atoms with Crippen LogP contribution in [0.25, 0.3) is 6.08 Å². The van der Waals surface area contributed by atoms with E-state index in [0.717, 1.165) is 11.1 Å². The molecule has 1 saturated heterocycles. The van der Waals surface area contributed by atoms with E-state index in [0.29, 0.717) is 11.3 Å². The number of aryl methyl sites for hydroxylation is 2. The Balaban J connectivity index is 1.66. The van der Waals surface area contributed by atoms with Gasteiger partial charge in [-0.15, -0.1) is 0 Å². The molecule has 5 amide bonds. The van der Waals surface area contributed by atoms with Crippen molar-refractivity contribution in [3.63, 3.8) is 0 Å². The fourth-order valence-electron chi connectivity index (χ4n) is 2.70. The summed E-state index contributed by atoms with van der Waals surface area (Å²) in [5.74, 6) is -1.68. The highest BCUT2D eigenvalue weighted by molar-refractivity contribution is 6.33. The van der Waals surface area contributed by atoms with E-state index < -0.39 is 17.8 Å². The molecule has 2 aromatic carbocycles. The molecular formula is C21H18ClN3O5. The van der Waals surface area contributed by atoms with E-state index in [1.165, 1.54) is 18.2 Å². The van der Waals surface area contributed by atoms with Gasteiger partial charge in [-0.2, -0.15) is 0 Å². The number of anilines is 1. The van der Waals surface area contributed by atoms with Crippen LogP contribution in [0.4, 0.5) is 10.5 Å². The molecular weight excluding hydrogens is 410 g/mol. The number of barbiturate groups is 1. The van der Waals surface area contributed by atoms with E-state index >= 15 is 0 Å². The summed E-state index contributed by atoms with van der Waals surface area (Å²) in [6.45, 7) is 3.57. The summed E-state index contributed by atoms with van der Waals surface area (Å²) < 4.78 is 5.47. The predicted molar refractivity (Wildman–Crippen MR) is 111 cm³/mol. The number of rotatable bonds is 5. The van der Waals surface area contributed by atoms with Crippen LogP contribution in [0, 0.1) is 13.8 Å². The largest absolute Gasteiger partial charge is 0.482 e. The molecule has 1 aliphatic rings. The summed E-state index contributed by atoms with van der Waals surface area (Å²) in [6.07, 6.45) is 1.29. The maximum atomic E-state index is 12.2. The summed E-state index contributed by atoms with van der Waals surface area (Å²) in [7, 11) is 0. The van der Waals surface area contributed by atoms with Gasteiger partial charge in [0.15, 0.2) is 6.61 Å². The fraction of sp³-hybridized carbons (Fsp3) is 0.143. The number of imide groups is 2. The number of carbonyl (C=O) groups excluding carboxylic acids is 4. The highest BCUT2D eigenvalue weighted by Gasteiger charge is 2.27. The zero-order valence-electron chi connectivity index (χ0n) is 16.2. The topological polar surface area (TPSA) is 114 Å². The molecule has 0 bridgehead atoms. The number of urea groups is 1. The molecule has 0 atom stereocenters. The van der Waals surface area contributed by atoms with Gasteiger partial charge in [0.1, 0.15) is 11.3 Å². The molecule has 0 saturated carbocycles. The molecule has 0 aromatic heterocycles. The minimum Gasteiger partial charge on any atom is -0.482 e. The Labute approximate surface area is 177 Å². The van der Waals surface area contributed by atoms with E-state index in [2.05, 4.69) is 5.32 Å². The van der Waals surface area contributed by atoms with E-state index in [-0.39, 0.29) is 28.9 Å². The van der Waals surface area contributed by atoms with Gasteiger partial charge >= 0.3 is 6.03 Å². The lowest BCUT2D eigenvalue weighted by Gasteiger charge is -2.14. The Hall–Kier alpha value is -3.65. The van der Waals surface area contributed by atoms with Crippen LogP contribution >= 0.6 is 11.6 Å². The van der Waals surface area contributed by atoms with Gasteiger partial charge in [0.25, 0.3) is 17.7 Å². The van der Waals surface area contributed by atoms with Gasteiger partial charge < -0.3 is 10.1 Å². The molecule has 1 heterocycles. The Morgan fingerprint density at radius 1 is 1.07 bits per heavy atom. The van der Waals surface area contributed by atoms with Gasteiger partial charge in [-0.1, -0.05) is 29.8 Å². The van der Waals surface area contributed by atoms with Crippen LogP contribution in [0.3, 0.4) is 0 Å². The minimum atomic E-state index is -0.872. The average Bonchev–Trinajstić information content (AvgIpc) is 2.67. The molecule has 9 heteroatoms. The first kappa shape index (κ1) is 21.1. The number of hydrogen-bond acceptors (Lipinski definition) is 5. The van der Waals surface area contributed by atoms with E-state index in [1.807, 2.05) is 42.7 Å². The molecule has 0 unspecified atom stereocenters. The lowest BCUT2D eigenvalue weighted by atomic mass is 10.1. The van der Waals surface area contributed by atoms with E-state index in [1.54, 1.807) is 6.07 Å². The Kier molecular flexibility index (Phi) is 6.17. The lowest BCUT2D eigenvalue weighted by molar-refractivity contribution is -0.124. The fourth-order valence-corrected chi connectivity index (χ4v) is 2.94. The van der Waals surface area contributed by atoms with Gasteiger partial charge in [-0.3, -0.25) is 25.0 Å². The van der Waals surface area contributed by atoms with Gasteiger partial charge in [0.05, 0.1) is 5.02 Å². The maximum Gasteiger partial charge on any atom is 0.328 e. The number of halogens is 1. The number of ether oxygens (including phenoxy) is 1. The molecule has 0 aliphatic carbocycles. The number of benzene rings is 2. The summed E-state index contributed by atoms with van der Waals surface area (Å²) in [5, 5.41) is 6.95. The van der Waals surface area contributed by atoms with E-state index in [4.69, 9.17) is 16.3 Å². The van der Waals surface area contributed by atoms with Crippen molar-refractivity contribution in [1.29, 1.82) is 0 Å². The molecule has 3 N–H and O–H groups in total. The SMILES string of the molecule is Cc1ccc(C)c(NC(=O)COc2ccc(C=C3C(=O)NC(=O)NC3=O)cc2Cl)c1. The number of hydrogen-bond donors (Lipinski definition) is 3. The second kappa shape index (κ2) is 8.79. The second-order valence-electron chi connectivity index (χ2n) is 6.64. The molecule has 3 rings (SSSR count). The van der Waals surface area contributed by atoms with Crippen LogP contribution in [0.2, 0.25) is 5.02 Å². The minimum absolute atomic E-state index is 0.191. The standard InChI is InChI=1S/C21H18ClN3O5/c1-11-3-4-12(2)16(7-11)23-18(26)10-30-17-6-5-13(9-15(17)22)8-14-19(27)24-21(29)25-20(14)28/h3-9H,10H2,1-2H3,(H,23,26)(H2,24,25,27,28,29). The molecule has 1 aliphatic heterocycles. The third-order valence-electron chi connectivity index (χ3n) is 4.24. The quantitative estimate of drug-likeness (QED) is 0.501. The molecule has 154 valence electrons. The monoisotopic (exact) mass is 427 g/mol. The van der Waals surface area contributed by atoms with Crippen LogP contribution in [0.15, 0.2) is 42.0 Å². The first-order valence-electron chi connectivity index (χ1n) is 8.91. The third-order valence-corrected chi connectivity index (χ3v) is 4.53.